The van der Waals surface area contributed by atoms with Gasteiger partial charge >= 0.3 is 0 Å². The van der Waals surface area contributed by atoms with E-state index in [1.165, 1.54) is 5.39 Å². The molecule has 3 aromatic rings. The van der Waals surface area contributed by atoms with Crippen molar-refractivity contribution in [1.82, 2.24) is 4.98 Å². The van der Waals surface area contributed by atoms with Gasteiger partial charge in [0, 0.05) is 17.3 Å². The van der Waals surface area contributed by atoms with Crippen LogP contribution in [0.5, 0.6) is 0 Å². The highest BCUT2D eigenvalue weighted by Gasteiger charge is 2.08. The number of nitrogens with two attached hydrogens (primary N) is 1. The van der Waals surface area contributed by atoms with Crippen LogP contribution >= 0.6 is 0 Å². The summed E-state index contributed by atoms with van der Waals surface area (Å²) in [4.78, 5) is 4.45. The highest BCUT2D eigenvalue weighted by molar-refractivity contribution is 5.91. The molecule has 1 aromatic heterocycles. The van der Waals surface area contributed by atoms with Crippen LogP contribution in [0.2, 0.25) is 0 Å². The van der Waals surface area contributed by atoms with Crippen LogP contribution in [0.15, 0.2) is 60.8 Å². The zero-order valence-corrected chi connectivity index (χ0v) is 11.4. The number of nitrogens with zero attached hydrogens (tertiary/aromatic N) is 1. The summed E-state index contributed by atoms with van der Waals surface area (Å²) in [6.07, 6.45) is 1.83. The van der Waals surface area contributed by atoms with Gasteiger partial charge in [0.25, 0.3) is 0 Å². The van der Waals surface area contributed by atoms with Gasteiger partial charge in [0.15, 0.2) is 0 Å². The third kappa shape index (κ3) is 2.43. The molecule has 0 bridgehead atoms. The Morgan fingerprint density at radius 2 is 1.90 bits per heavy atom. The Bertz CT molecular complexity index is 732. The molecule has 1 unspecified atom stereocenters. The maximum Gasteiger partial charge on any atom is 0.134 e. The lowest BCUT2D eigenvalue weighted by Gasteiger charge is -2.16. The summed E-state index contributed by atoms with van der Waals surface area (Å²) in [7, 11) is 0. The first-order chi connectivity index (χ1) is 9.74. The van der Waals surface area contributed by atoms with Crippen LogP contribution < -0.4 is 11.1 Å². The molecule has 3 rings (SSSR count). The Hall–Kier alpha value is -2.55. The largest absolute Gasteiger partial charge is 0.399 e. The number of benzene rings is 2. The van der Waals surface area contributed by atoms with Crippen molar-refractivity contribution in [2.45, 2.75) is 13.0 Å². The van der Waals surface area contributed by atoms with Gasteiger partial charge in [-0.1, -0.05) is 36.4 Å². The van der Waals surface area contributed by atoms with E-state index in [0.29, 0.717) is 0 Å². The lowest BCUT2D eigenvalue weighted by Crippen LogP contribution is -2.08. The smallest absolute Gasteiger partial charge is 0.134 e. The molecule has 3 heteroatoms. The minimum absolute atomic E-state index is 0.150. The first kappa shape index (κ1) is 12.5. The van der Waals surface area contributed by atoms with Gasteiger partial charge in [-0.05, 0) is 36.1 Å². The van der Waals surface area contributed by atoms with Crippen molar-refractivity contribution >= 4 is 22.3 Å². The molecule has 20 heavy (non-hydrogen) atoms. The van der Waals surface area contributed by atoms with Crippen molar-refractivity contribution in [1.29, 1.82) is 0 Å². The van der Waals surface area contributed by atoms with E-state index < -0.39 is 0 Å². The van der Waals surface area contributed by atoms with Crippen molar-refractivity contribution in [3.63, 3.8) is 0 Å². The monoisotopic (exact) mass is 263 g/mol. The summed E-state index contributed by atoms with van der Waals surface area (Å²) in [6.45, 7) is 2.11. The molecule has 0 saturated heterocycles. The number of fused-ring (bicyclic) bond motifs is 1. The summed E-state index contributed by atoms with van der Waals surface area (Å²) >= 11 is 0. The van der Waals surface area contributed by atoms with Gasteiger partial charge in [0.05, 0.1) is 6.04 Å². The Balaban J connectivity index is 1.93. The van der Waals surface area contributed by atoms with E-state index in [-0.39, 0.29) is 6.04 Å². The lowest BCUT2D eigenvalue weighted by atomic mass is 10.1. The van der Waals surface area contributed by atoms with Crippen molar-refractivity contribution in [2.75, 3.05) is 11.1 Å². The molecular weight excluding hydrogens is 246 g/mol. The molecule has 1 heterocycles. The van der Waals surface area contributed by atoms with Crippen LogP contribution in [0.4, 0.5) is 11.5 Å². The summed E-state index contributed by atoms with van der Waals surface area (Å²) < 4.78 is 0. The van der Waals surface area contributed by atoms with Gasteiger partial charge in [-0.2, -0.15) is 0 Å². The third-order valence-corrected chi connectivity index (χ3v) is 3.44. The topological polar surface area (TPSA) is 50.9 Å². The fourth-order valence-electron chi connectivity index (χ4n) is 2.35. The number of nitrogens with one attached hydrogen (secondary N) is 1. The summed E-state index contributed by atoms with van der Waals surface area (Å²) in [5.41, 5.74) is 7.77. The molecule has 3 nitrogen and oxygen atoms in total. The van der Waals surface area contributed by atoms with Gasteiger partial charge in [0.1, 0.15) is 5.82 Å². The molecule has 0 aliphatic heterocycles. The lowest BCUT2D eigenvalue weighted by molar-refractivity contribution is 0.878. The minimum Gasteiger partial charge on any atom is -0.399 e. The minimum atomic E-state index is 0.150. The van der Waals surface area contributed by atoms with Crippen LogP contribution in [0.1, 0.15) is 18.5 Å². The molecule has 0 aliphatic rings. The van der Waals surface area contributed by atoms with Gasteiger partial charge in [-0.15, -0.1) is 0 Å². The van der Waals surface area contributed by atoms with Gasteiger partial charge in [-0.3, -0.25) is 0 Å². The molecule has 0 spiro atoms. The zero-order valence-electron chi connectivity index (χ0n) is 11.4. The number of hydrogen-bond acceptors (Lipinski definition) is 3. The third-order valence-electron chi connectivity index (χ3n) is 3.44. The quantitative estimate of drug-likeness (QED) is 0.702. The molecule has 100 valence electrons. The number of aromatic nitrogens is 1. The Morgan fingerprint density at radius 1 is 1.05 bits per heavy atom. The van der Waals surface area contributed by atoms with Crippen LogP contribution in [-0.4, -0.2) is 4.98 Å². The van der Waals surface area contributed by atoms with Crippen molar-refractivity contribution in [2.24, 2.45) is 0 Å². The number of anilines is 2. The Kier molecular flexibility index (Phi) is 3.25. The average Bonchev–Trinajstić information content (AvgIpc) is 2.47. The standard InChI is InChI=1S/C17H17N3/c1-12(14-6-4-7-15(18)11-14)20-17-16-8-3-2-5-13(16)9-10-19-17/h2-12H,18H2,1H3,(H,19,20). The van der Waals surface area contributed by atoms with Crippen LogP contribution in [-0.2, 0) is 0 Å². The van der Waals surface area contributed by atoms with Gasteiger partial charge < -0.3 is 11.1 Å². The first-order valence-corrected chi connectivity index (χ1v) is 6.70. The average molecular weight is 263 g/mol. The summed E-state index contributed by atoms with van der Waals surface area (Å²) in [6, 6.07) is 18.3. The van der Waals surface area contributed by atoms with E-state index in [1.807, 2.05) is 42.6 Å². The highest BCUT2D eigenvalue weighted by atomic mass is 15.0. The second-order valence-corrected chi connectivity index (χ2v) is 4.92. The maximum atomic E-state index is 5.84. The van der Waals surface area contributed by atoms with Crippen LogP contribution in [0.3, 0.4) is 0 Å². The molecule has 3 N–H and O–H groups in total. The maximum absolute atomic E-state index is 5.84. The van der Waals surface area contributed by atoms with E-state index in [9.17, 15) is 0 Å². The summed E-state index contributed by atoms with van der Waals surface area (Å²) in [5, 5.41) is 5.78. The Morgan fingerprint density at radius 3 is 2.75 bits per heavy atom. The fraction of sp³-hybridized carbons (Fsp3) is 0.118. The van der Waals surface area contributed by atoms with E-state index in [1.54, 1.807) is 0 Å². The normalized spacial score (nSPS) is 12.2. The molecule has 0 aliphatic carbocycles. The predicted octanol–water partition coefficient (Wildman–Crippen LogP) is 3.99. The predicted molar refractivity (Wildman–Crippen MR) is 84.6 cm³/mol. The second kappa shape index (κ2) is 5.21. The van der Waals surface area contributed by atoms with Crippen molar-refractivity contribution in [3.8, 4) is 0 Å². The van der Waals surface area contributed by atoms with E-state index in [0.717, 1.165) is 22.5 Å². The van der Waals surface area contributed by atoms with Gasteiger partial charge in [0.2, 0.25) is 0 Å². The van der Waals surface area contributed by atoms with E-state index >= 15 is 0 Å². The van der Waals surface area contributed by atoms with E-state index in [2.05, 4.69) is 35.4 Å². The fourth-order valence-corrected chi connectivity index (χ4v) is 2.35. The number of hydrogen-bond donors (Lipinski definition) is 2. The molecular formula is C17H17N3. The number of nitrogen functional groups attached to an aromatic ring is 1. The summed E-state index contributed by atoms with van der Waals surface area (Å²) in [5.74, 6) is 0.901. The molecule has 2 aromatic carbocycles. The molecule has 1 atom stereocenters. The SMILES string of the molecule is CC(Nc1nccc2ccccc12)c1cccc(N)c1. The van der Waals surface area contributed by atoms with E-state index in [4.69, 9.17) is 5.73 Å². The van der Waals surface area contributed by atoms with Crippen molar-refractivity contribution in [3.05, 3.63) is 66.4 Å². The highest BCUT2D eigenvalue weighted by Crippen LogP contribution is 2.25. The molecule has 0 radical (unpaired) electrons. The molecule has 0 fully saturated rings. The van der Waals surface area contributed by atoms with Gasteiger partial charge in [-0.25, -0.2) is 4.98 Å². The number of pyridine rings is 1. The number of rotatable bonds is 3. The Labute approximate surface area is 118 Å². The van der Waals surface area contributed by atoms with Crippen LogP contribution in [0.25, 0.3) is 10.8 Å². The van der Waals surface area contributed by atoms with Crippen LogP contribution in [0, 0.1) is 0 Å². The second-order valence-electron chi connectivity index (χ2n) is 4.92. The molecule has 0 amide bonds. The van der Waals surface area contributed by atoms with Crippen molar-refractivity contribution < 1.29 is 0 Å². The zero-order chi connectivity index (χ0) is 13.9. The molecule has 0 saturated carbocycles. The first-order valence-electron chi connectivity index (χ1n) is 6.70.